The van der Waals surface area contributed by atoms with Crippen molar-refractivity contribution in [3.05, 3.63) is 0 Å². The van der Waals surface area contributed by atoms with Crippen molar-refractivity contribution in [2.75, 3.05) is 25.4 Å². The normalized spacial score (nSPS) is 20.5. The first-order valence-electron chi connectivity index (χ1n) is 4.46. The lowest BCUT2D eigenvalue weighted by Gasteiger charge is -2.21. The number of hydrogen-bond donors (Lipinski definition) is 2. The Balaban J connectivity index is 1.96. The summed E-state index contributed by atoms with van der Waals surface area (Å²) in [7, 11) is 0. The van der Waals surface area contributed by atoms with E-state index in [4.69, 9.17) is 5.73 Å². The molecule has 1 saturated heterocycles. The average molecular weight is 174 g/mol. The summed E-state index contributed by atoms with van der Waals surface area (Å²) in [5.41, 5.74) is 5.42. The van der Waals surface area contributed by atoms with Crippen LogP contribution in [0.5, 0.6) is 0 Å². The predicted molar refractivity (Wildman–Crippen MR) is 52.0 cm³/mol. The zero-order chi connectivity index (χ0) is 7.94. The molecule has 1 fully saturated rings. The van der Waals surface area contributed by atoms with Crippen LogP contribution in [0.15, 0.2) is 0 Å². The van der Waals surface area contributed by atoms with E-state index in [0.717, 1.165) is 11.8 Å². The third-order valence-corrected chi connectivity index (χ3v) is 3.46. The first-order chi connectivity index (χ1) is 5.43. The van der Waals surface area contributed by atoms with E-state index in [1.165, 1.54) is 38.1 Å². The molecule has 0 spiro atoms. The van der Waals surface area contributed by atoms with Gasteiger partial charge in [0, 0.05) is 5.25 Å². The summed E-state index contributed by atoms with van der Waals surface area (Å²) < 4.78 is 0. The van der Waals surface area contributed by atoms with Crippen LogP contribution in [0.2, 0.25) is 0 Å². The van der Waals surface area contributed by atoms with Gasteiger partial charge < -0.3 is 11.1 Å². The van der Waals surface area contributed by atoms with Gasteiger partial charge in [0.1, 0.15) is 0 Å². The molecular formula is C8H18N2S. The van der Waals surface area contributed by atoms with Crippen LogP contribution in [0.4, 0.5) is 0 Å². The van der Waals surface area contributed by atoms with Gasteiger partial charge in [0.2, 0.25) is 0 Å². The van der Waals surface area contributed by atoms with Crippen LogP contribution in [0.3, 0.4) is 0 Å². The van der Waals surface area contributed by atoms with Gasteiger partial charge in [-0.1, -0.05) is 0 Å². The first-order valence-corrected chi connectivity index (χ1v) is 5.50. The van der Waals surface area contributed by atoms with Crippen molar-refractivity contribution < 1.29 is 0 Å². The van der Waals surface area contributed by atoms with Crippen LogP contribution < -0.4 is 11.1 Å². The number of rotatable bonds is 4. The van der Waals surface area contributed by atoms with Crippen molar-refractivity contribution in [2.45, 2.75) is 24.5 Å². The average Bonchev–Trinajstić information content (AvgIpc) is 2.07. The molecule has 0 atom stereocenters. The minimum absolute atomic E-state index is 0.845. The zero-order valence-corrected chi connectivity index (χ0v) is 7.83. The first kappa shape index (κ1) is 9.36. The molecule has 3 heteroatoms. The lowest BCUT2D eigenvalue weighted by atomic mass is 10.2. The fraction of sp³-hybridized carbons (Fsp3) is 1.00. The number of nitrogens with two attached hydrogens (primary N) is 1. The molecule has 0 aromatic rings. The molecule has 0 radical (unpaired) electrons. The molecule has 1 heterocycles. The minimum atomic E-state index is 0.845. The molecule has 0 aromatic carbocycles. The highest BCUT2D eigenvalue weighted by Gasteiger charge is 2.11. The molecule has 0 amide bonds. The Morgan fingerprint density at radius 3 is 2.73 bits per heavy atom. The van der Waals surface area contributed by atoms with Crippen LogP contribution in [0.25, 0.3) is 0 Å². The van der Waals surface area contributed by atoms with Crippen LogP contribution in [-0.4, -0.2) is 30.6 Å². The van der Waals surface area contributed by atoms with Crippen molar-refractivity contribution >= 4 is 11.8 Å². The highest BCUT2D eigenvalue weighted by Crippen LogP contribution is 2.20. The maximum absolute atomic E-state index is 5.42. The van der Waals surface area contributed by atoms with Gasteiger partial charge in [0.25, 0.3) is 0 Å². The molecule has 66 valence electrons. The predicted octanol–water partition coefficient (Wildman–Crippen LogP) is 0.820. The highest BCUT2D eigenvalue weighted by atomic mass is 32.2. The Hall–Kier alpha value is 0.270. The standard InChI is InChI=1S/C8H18N2S/c9-4-1-7-11-8-2-5-10-6-3-8/h8,10H,1-7,9H2. The molecule has 0 saturated carbocycles. The van der Waals surface area contributed by atoms with Gasteiger partial charge in [-0.3, -0.25) is 0 Å². The molecule has 1 aliphatic rings. The second-order valence-corrected chi connectivity index (χ2v) is 4.37. The lowest BCUT2D eigenvalue weighted by Crippen LogP contribution is -2.29. The third-order valence-electron chi connectivity index (χ3n) is 1.99. The maximum atomic E-state index is 5.42. The van der Waals surface area contributed by atoms with Crippen molar-refractivity contribution in [1.29, 1.82) is 0 Å². The summed E-state index contributed by atoms with van der Waals surface area (Å²) in [5.74, 6) is 1.25. The van der Waals surface area contributed by atoms with Crippen LogP contribution >= 0.6 is 11.8 Å². The van der Waals surface area contributed by atoms with E-state index >= 15 is 0 Å². The fourth-order valence-corrected chi connectivity index (χ4v) is 2.53. The van der Waals surface area contributed by atoms with E-state index in [-0.39, 0.29) is 0 Å². The van der Waals surface area contributed by atoms with E-state index in [2.05, 4.69) is 17.1 Å². The summed E-state index contributed by atoms with van der Waals surface area (Å²) in [5, 5.41) is 4.27. The highest BCUT2D eigenvalue weighted by molar-refractivity contribution is 7.99. The Morgan fingerprint density at radius 2 is 2.09 bits per heavy atom. The topological polar surface area (TPSA) is 38.0 Å². The summed E-state index contributed by atoms with van der Waals surface area (Å²) >= 11 is 2.10. The molecular weight excluding hydrogens is 156 g/mol. The third kappa shape index (κ3) is 3.99. The van der Waals surface area contributed by atoms with Gasteiger partial charge in [-0.05, 0) is 44.6 Å². The molecule has 0 aromatic heterocycles. The second-order valence-electron chi connectivity index (χ2n) is 2.96. The van der Waals surface area contributed by atoms with Crippen LogP contribution in [-0.2, 0) is 0 Å². The molecule has 0 aliphatic carbocycles. The van der Waals surface area contributed by atoms with E-state index in [9.17, 15) is 0 Å². The fourth-order valence-electron chi connectivity index (χ4n) is 1.30. The Kier molecular flexibility index (Phi) is 4.99. The number of piperidine rings is 1. The van der Waals surface area contributed by atoms with E-state index in [0.29, 0.717) is 0 Å². The van der Waals surface area contributed by atoms with E-state index < -0.39 is 0 Å². The molecule has 11 heavy (non-hydrogen) atoms. The van der Waals surface area contributed by atoms with Gasteiger partial charge >= 0.3 is 0 Å². The quantitative estimate of drug-likeness (QED) is 0.620. The van der Waals surface area contributed by atoms with Crippen LogP contribution in [0, 0.1) is 0 Å². The summed E-state index contributed by atoms with van der Waals surface area (Å²) in [6, 6.07) is 0. The van der Waals surface area contributed by atoms with Crippen molar-refractivity contribution in [2.24, 2.45) is 5.73 Å². The Labute approximate surface area is 73.3 Å². The molecule has 0 bridgehead atoms. The van der Waals surface area contributed by atoms with Gasteiger partial charge in [0.15, 0.2) is 0 Å². The summed E-state index contributed by atoms with van der Waals surface area (Å²) in [6.45, 7) is 3.26. The van der Waals surface area contributed by atoms with E-state index in [1.54, 1.807) is 0 Å². The minimum Gasteiger partial charge on any atom is -0.330 e. The van der Waals surface area contributed by atoms with Crippen molar-refractivity contribution in [3.8, 4) is 0 Å². The molecule has 3 N–H and O–H groups in total. The Bertz CT molecular complexity index is 92.1. The van der Waals surface area contributed by atoms with Gasteiger partial charge in [0.05, 0.1) is 0 Å². The van der Waals surface area contributed by atoms with Gasteiger partial charge in [-0.15, -0.1) is 0 Å². The van der Waals surface area contributed by atoms with Gasteiger partial charge in [-0.2, -0.15) is 11.8 Å². The van der Waals surface area contributed by atoms with Crippen molar-refractivity contribution in [1.82, 2.24) is 5.32 Å². The van der Waals surface area contributed by atoms with Gasteiger partial charge in [-0.25, -0.2) is 0 Å². The van der Waals surface area contributed by atoms with E-state index in [1.807, 2.05) is 0 Å². The zero-order valence-electron chi connectivity index (χ0n) is 7.01. The van der Waals surface area contributed by atoms with Crippen molar-refractivity contribution in [3.63, 3.8) is 0 Å². The molecule has 1 rings (SSSR count). The van der Waals surface area contributed by atoms with Crippen LogP contribution in [0.1, 0.15) is 19.3 Å². The SMILES string of the molecule is NCCCSC1CCNCC1. The summed E-state index contributed by atoms with van der Waals surface area (Å²) in [4.78, 5) is 0. The smallest absolute Gasteiger partial charge is 0.00711 e. The summed E-state index contributed by atoms with van der Waals surface area (Å²) in [6.07, 6.45) is 3.86. The monoisotopic (exact) mass is 174 g/mol. The Morgan fingerprint density at radius 1 is 1.36 bits per heavy atom. The largest absolute Gasteiger partial charge is 0.330 e. The molecule has 2 nitrogen and oxygen atoms in total. The number of thioether (sulfide) groups is 1. The number of nitrogens with one attached hydrogen (secondary N) is 1. The number of hydrogen-bond acceptors (Lipinski definition) is 3. The lowest BCUT2D eigenvalue weighted by molar-refractivity contribution is 0.531. The second kappa shape index (κ2) is 5.86. The molecule has 0 unspecified atom stereocenters. The maximum Gasteiger partial charge on any atom is 0.00711 e. The molecule has 1 aliphatic heterocycles.